The Morgan fingerprint density at radius 2 is 1.42 bits per heavy atom. The molecule has 2 fully saturated rings. The summed E-state index contributed by atoms with van der Waals surface area (Å²) in [5.74, 6) is 0.635. The van der Waals surface area contributed by atoms with E-state index in [9.17, 15) is 17.6 Å². The smallest absolute Gasteiger partial charge is 0.403 e. The van der Waals surface area contributed by atoms with Crippen LogP contribution in [0.25, 0.3) is 6.08 Å². The van der Waals surface area contributed by atoms with E-state index < -0.39 is 17.9 Å². The Morgan fingerprint density at radius 1 is 0.818 bits per heavy atom. The van der Waals surface area contributed by atoms with Crippen molar-refractivity contribution in [3.05, 3.63) is 71.0 Å². The number of aryl methyl sites for hydroxylation is 1. The lowest BCUT2D eigenvalue weighted by Gasteiger charge is -2.37. The summed E-state index contributed by atoms with van der Waals surface area (Å²) in [6.07, 6.45) is 8.90. The number of ether oxygens (including phenoxy) is 1. The SMILES string of the molecule is Cc1ccc(/C=C/C2CCC(C3CCC(c4ccc(OC(F)(F)F)c(F)c4)CC3)CC2)cc1. The Morgan fingerprint density at radius 3 is 2.00 bits per heavy atom. The normalized spacial score (nSPS) is 26.5. The summed E-state index contributed by atoms with van der Waals surface area (Å²) in [7, 11) is 0. The molecule has 178 valence electrons. The van der Waals surface area contributed by atoms with Crippen LogP contribution in [0.15, 0.2) is 48.5 Å². The van der Waals surface area contributed by atoms with Gasteiger partial charge in [-0.3, -0.25) is 0 Å². The van der Waals surface area contributed by atoms with Gasteiger partial charge in [0.05, 0.1) is 0 Å². The summed E-state index contributed by atoms with van der Waals surface area (Å²) in [6, 6.07) is 12.5. The van der Waals surface area contributed by atoms with Gasteiger partial charge in [0.15, 0.2) is 11.6 Å². The maximum Gasteiger partial charge on any atom is 0.573 e. The van der Waals surface area contributed by atoms with Crippen LogP contribution in [0, 0.1) is 30.5 Å². The van der Waals surface area contributed by atoms with Gasteiger partial charge in [-0.05, 0) is 105 Å². The highest BCUT2D eigenvalue weighted by molar-refractivity contribution is 5.49. The number of alkyl halides is 3. The van der Waals surface area contributed by atoms with Gasteiger partial charge in [-0.15, -0.1) is 13.2 Å². The molecule has 2 aliphatic carbocycles. The summed E-state index contributed by atoms with van der Waals surface area (Å²) in [5, 5.41) is 0. The van der Waals surface area contributed by atoms with Crippen LogP contribution in [0.4, 0.5) is 17.6 Å². The minimum absolute atomic E-state index is 0.212. The van der Waals surface area contributed by atoms with Gasteiger partial charge in [0.25, 0.3) is 0 Å². The quantitative estimate of drug-likeness (QED) is 0.405. The van der Waals surface area contributed by atoms with E-state index in [1.54, 1.807) is 6.07 Å². The second-order valence-electron chi connectivity index (χ2n) is 9.79. The molecule has 4 rings (SSSR count). The zero-order valence-electron chi connectivity index (χ0n) is 19.1. The van der Waals surface area contributed by atoms with E-state index >= 15 is 0 Å². The first-order valence-corrected chi connectivity index (χ1v) is 12.1. The summed E-state index contributed by atoms with van der Waals surface area (Å²) in [6.45, 7) is 2.10. The van der Waals surface area contributed by atoms with E-state index in [-0.39, 0.29) is 5.92 Å². The highest BCUT2D eigenvalue weighted by Gasteiger charge is 2.33. The largest absolute Gasteiger partial charge is 0.573 e. The molecule has 0 amide bonds. The van der Waals surface area contributed by atoms with E-state index in [1.807, 2.05) is 0 Å². The Balaban J connectivity index is 1.24. The Hall–Kier alpha value is -2.30. The van der Waals surface area contributed by atoms with Gasteiger partial charge >= 0.3 is 6.36 Å². The molecule has 5 heteroatoms. The van der Waals surface area contributed by atoms with Crippen molar-refractivity contribution in [1.82, 2.24) is 0 Å². The molecule has 0 unspecified atom stereocenters. The minimum atomic E-state index is -4.88. The second kappa shape index (κ2) is 10.3. The molecule has 2 saturated carbocycles. The number of halogens is 4. The van der Waals surface area contributed by atoms with Crippen LogP contribution in [-0.2, 0) is 0 Å². The first-order chi connectivity index (χ1) is 15.8. The van der Waals surface area contributed by atoms with Crippen LogP contribution in [0.5, 0.6) is 5.75 Å². The fourth-order valence-corrected chi connectivity index (χ4v) is 5.64. The fraction of sp³-hybridized carbons (Fsp3) is 0.500. The molecule has 0 aliphatic heterocycles. The fourth-order valence-electron chi connectivity index (χ4n) is 5.64. The molecule has 2 aliphatic rings. The predicted octanol–water partition coefficient (Wildman–Crippen LogP) is 8.83. The molecule has 0 radical (unpaired) electrons. The average Bonchev–Trinajstić information content (AvgIpc) is 2.80. The number of benzene rings is 2. The van der Waals surface area contributed by atoms with Crippen molar-refractivity contribution in [2.24, 2.45) is 17.8 Å². The third-order valence-electron chi connectivity index (χ3n) is 7.55. The van der Waals surface area contributed by atoms with Crippen molar-refractivity contribution in [1.29, 1.82) is 0 Å². The Kier molecular flexibility index (Phi) is 7.45. The summed E-state index contributed by atoms with van der Waals surface area (Å²) >= 11 is 0. The van der Waals surface area contributed by atoms with Crippen molar-refractivity contribution in [2.45, 2.75) is 70.6 Å². The third kappa shape index (κ3) is 6.61. The molecule has 2 aromatic carbocycles. The lowest BCUT2D eigenvalue weighted by atomic mass is 9.68. The average molecular weight is 461 g/mol. The van der Waals surface area contributed by atoms with Crippen molar-refractivity contribution in [3.63, 3.8) is 0 Å². The molecular weight excluding hydrogens is 428 g/mol. The third-order valence-corrected chi connectivity index (χ3v) is 7.55. The van der Waals surface area contributed by atoms with Crippen molar-refractivity contribution < 1.29 is 22.3 Å². The highest BCUT2D eigenvalue weighted by atomic mass is 19.4. The maximum absolute atomic E-state index is 14.1. The number of hydrogen-bond donors (Lipinski definition) is 0. The monoisotopic (exact) mass is 460 g/mol. The van der Waals surface area contributed by atoms with Crippen molar-refractivity contribution in [2.75, 3.05) is 0 Å². The zero-order valence-corrected chi connectivity index (χ0v) is 19.1. The second-order valence-corrected chi connectivity index (χ2v) is 9.79. The lowest BCUT2D eigenvalue weighted by molar-refractivity contribution is -0.275. The van der Waals surface area contributed by atoms with Gasteiger partial charge in [0.2, 0.25) is 0 Å². The van der Waals surface area contributed by atoms with Gasteiger partial charge < -0.3 is 4.74 Å². The molecule has 1 nitrogen and oxygen atoms in total. The maximum atomic E-state index is 14.1. The first kappa shape index (κ1) is 23.8. The van der Waals surface area contributed by atoms with Crippen LogP contribution in [0.1, 0.15) is 74.0 Å². The number of allylic oxidation sites excluding steroid dienone is 1. The van der Waals surface area contributed by atoms with Crippen LogP contribution >= 0.6 is 0 Å². The van der Waals surface area contributed by atoms with E-state index in [0.717, 1.165) is 43.2 Å². The van der Waals surface area contributed by atoms with Crippen LogP contribution in [-0.4, -0.2) is 6.36 Å². The standard InChI is InChI=1S/C28H32F4O/c1-19-2-4-20(5-3-19)6-7-21-8-10-22(11-9-21)23-12-14-24(15-13-23)25-16-17-27(26(29)18-25)33-28(30,31)32/h2-7,16-18,21-24H,8-15H2,1H3/b7-6+. The van der Waals surface area contributed by atoms with E-state index in [4.69, 9.17) is 0 Å². The molecular formula is C28H32F4O. The summed E-state index contributed by atoms with van der Waals surface area (Å²) in [5.41, 5.74) is 3.32. The van der Waals surface area contributed by atoms with Gasteiger partial charge in [-0.1, -0.05) is 48.0 Å². The van der Waals surface area contributed by atoms with E-state index in [1.165, 1.54) is 42.9 Å². The molecule has 0 bridgehead atoms. The molecule has 0 heterocycles. The van der Waals surface area contributed by atoms with E-state index in [0.29, 0.717) is 11.8 Å². The minimum Gasteiger partial charge on any atom is -0.403 e. The topological polar surface area (TPSA) is 9.23 Å². The molecule has 0 N–H and O–H groups in total. The predicted molar refractivity (Wildman–Crippen MR) is 123 cm³/mol. The Labute approximate surface area is 193 Å². The van der Waals surface area contributed by atoms with Gasteiger partial charge in [0.1, 0.15) is 0 Å². The number of rotatable bonds is 5. The Bertz CT molecular complexity index is 931. The molecule has 0 saturated heterocycles. The van der Waals surface area contributed by atoms with E-state index in [2.05, 4.69) is 48.1 Å². The molecule has 33 heavy (non-hydrogen) atoms. The van der Waals surface area contributed by atoms with Crippen LogP contribution in [0.2, 0.25) is 0 Å². The van der Waals surface area contributed by atoms with Gasteiger partial charge in [-0.2, -0.15) is 0 Å². The zero-order chi connectivity index (χ0) is 23.4. The van der Waals surface area contributed by atoms with Gasteiger partial charge in [0, 0.05) is 0 Å². The molecule has 0 spiro atoms. The summed E-state index contributed by atoms with van der Waals surface area (Å²) < 4.78 is 54.9. The summed E-state index contributed by atoms with van der Waals surface area (Å²) in [4.78, 5) is 0. The first-order valence-electron chi connectivity index (χ1n) is 12.1. The molecule has 2 aromatic rings. The van der Waals surface area contributed by atoms with Gasteiger partial charge in [-0.25, -0.2) is 4.39 Å². The highest BCUT2D eigenvalue weighted by Crippen LogP contribution is 2.44. The van der Waals surface area contributed by atoms with Crippen LogP contribution in [0.3, 0.4) is 0 Å². The van der Waals surface area contributed by atoms with Crippen LogP contribution < -0.4 is 4.74 Å². The lowest BCUT2D eigenvalue weighted by Crippen LogP contribution is -2.25. The van der Waals surface area contributed by atoms with Crippen molar-refractivity contribution in [3.8, 4) is 5.75 Å². The number of hydrogen-bond acceptors (Lipinski definition) is 1. The van der Waals surface area contributed by atoms with Crippen molar-refractivity contribution >= 4 is 6.08 Å². The molecule has 0 aromatic heterocycles. The molecule has 0 atom stereocenters.